The summed E-state index contributed by atoms with van der Waals surface area (Å²) in [6, 6.07) is 0. The molecule has 0 bridgehead atoms. The minimum atomic E-state index is -0.121. The van der Waals surface area contributed by atoms with Crippen LogP contribution in [0.4, 0.5) is 0 Å². The Morgan fingerprint density at radius 3 is 2.37 bits per heavy atom. The van der Waals surface area contributed by atoms with Gasteiger partial charge in [0.15, 0.2) is 0 Å². The maximum absolute atomic E-state index is 12.4. The second-order valence-corrected chi connectivity index (χ2v) is 8.11. The fourth-order valence-electron chi connectivity index (χ4n) is 2.18. The van der Waals surface area contributed by atoms with Gasteiger partial charge in [-0.2, -0.15) is 11.8 Å². The number of hydrogen-bond donors (Lipinski definition) is 1. The Morgan fingerprint density at radius 2 is 1.89 bits per heavy atom. The van der Waals surface area contributed by atoms with Crippen molar-refractivity contribution in [3.05, 3.63) is 11.6 Å². The van der Waals surface area contributed by atoms with Crippen molar-refractivity contribution < 1.29 is 4.79 Å². The molecule has 1 amide bonds. The molecule has 0 radical (unpaired) electrons. The molecular weight excluding hydrogens is 260 g/mol. The Bertz CT molecular complexity index is 455. The molecule has 0 aliphatic carbocycles. The van der Waals surface area contributed by atoms with Gasteiger partial charge >= 0.3 is 0 Å². The lowest BCUT2D eigenvalue weighted by atomic mass is 9.96. The Hall–Kier alpha value is -1.04. The van der Waals surface area contributed by atoms with Gasteiger partial charge < -0.3 is 4.90 Å². The maximum atomic E-state index is 12.4. The molecule has 2 heterocycles. The van der Waals surface area contributed by atoms with Crippen LogP contribution < -0.4 is 0 Å². The quantitative estimate of drug-likeness (QED) is 0.856. The SMILES string of the molecule is CC1CN(C(=O)c2n[nH]c(C(C)(C)C)n2)CC(C)S1. The number of H-pyrrole nitrogens is 1. The summed E-state index contributed by atoms with van der Waals surface area (Å²) in [5.41, 5.74) is -0.121. The number of carbonyl (C=O) groups is 1. The van der Waals surface area contributed by atoms with E-state index in [1.54, 1.807) is 0 Å². The minimum absolute atomic E-state index is 0.0641. The molecule has 1 saturated heterocycles. The third-order valence-electron chi connectivity index (χ3n) is 3.09. The number of aromatic nitrogens is 3. The second kappa shape index (κ2) is 5.15. The molecule has 1 N–H and O–H groups in total. The smallest absolute Gasteiger partial charge is 0.293 e. The highest BCUT2D eigenvalue weighted by atomic mass is 32.2. The molecule has 1 fully saturated rings. The zero-order valence-corrected chi connectivity index (χ0v) is 13.0. The highest BCUT2D eigenvalue weighted by Gasteiger charge is 2.29. The molecule has 0 aromatic carbocycles. The van der Waals surface area contributed by atoms with E-state index in [0.717, 1.165) is 18.9 Å². The monoisotopic (exact) mass is 282 g/mol. The molecule has 6 heteroatoms. The Morgan fingerprint density at radius 1 is 1.32 bits per heavy atom. The third-order valence-corrected chi connectivity index (χ3v) is 4.32. The van der Waals surface area contributed by atoms with Gasteiger partial charge in [0, 0.05) is 29.0 Å². The van der Waals surface area contributed by atoms with Crippen molar-refractivity contribution in [1.29, 1.82) is 0 Å². The summed E-state index contributed by atoms with van der Waals surface area (Å²) in [4.78, 5) is 18.6. The van der Waals surface area contributed by atoms with Crippen LogP contribution in [0.3, 0.4) is 0 Å². The molecule has 2 atom stereocenters. The van der Waals surface area contributed by atoms with Gasteiger partial charge in [-0.3, -0.25) is 9.89 Å². The topological polar surface area (TPSA) is 61.9 Å². The zero-order chi connectivity index (χ0) is 14.2. The van der Waals surface area contributed by atoms with Crippen LogP contribution in [0.25, 0.3) is 0 Å². The van der Waals surface area contributed by atoms with Crippen molar-refractivity contribution in [1.82, 2.24) is 20.1 Å². The van der Waals surface area contributed by atoms with Crippen LogP contribution in [0.15, 0.2) is 0 Å². The van der Waals surface area contributed by atoms with E-state index in [-0.39, 0.29) is 17.1 Å². The predicted octanol–water partition coefficient (Wildman–Crippen LogP) is 2.07. The van der Waals surface area contributed by atoms with E-state index in [4.69, 9.17) is 0 Å². The van der Waals surface area contributed by atoms with Crippen molar-refractivity contribution in [2.45, 2.75) is 50.5 Å². The molecule has 0 saturated carbocycles. The van der Waals surface area contributed by atoms with E-state index >= 15 is 0 Å². The number of thioether (sulfide) groups is 1. The first-order valence-corrected chi connectivity index (χ1v) is 7.59. The van der Waals surface area contributed by atoms with E-state index < -0.39 is 0 Å². The average molecular weight is 282 g/mol. The molecule has 1 aliphatic rings. The van der Waals surface area contributed by atoms with Crippen molar-refractivity contribution >= 4 is 17.7 Å². The number of carbonyl (C=O) groups excluding carboxylic acids is 1. The molecule has 19 heavy (non-hydrogen) atoms. The van der Waals surface area contributed by atoms with E-state index in [2.05, 4.69) is 29.0 Å². The van der Waals surface area contributed by atoms with Crippen LogP contribution in [-0.2, 0) is 5.41 Å². The normalized spacial score (nSPS) is 24.6. The minimum Gasteiger partial charge on any atom is -0.334 e. The van der Waals surface area contributed by atoms with E-state index in [0.29, 0.717) is 10.5 Å². The molecule has 106 valence electrons. The first-order chi connectivity index (χ1) is 8.77. The fraction of sp³-hybridized carbons (Fsp3) is 0.769. The summed E-state index contributed by atoms with van der Waals surface area (Å²) in [7, 11) is 0. The van der Waals surface area contributed by atoms with E-state index in [1.807, 2.05) is 37.4 Å². The van der Waals surface area contributed by atoms with Crippen molar-refractivity contribution in [3.63, 3.8) is 0 Å². The highest BCUT2D eigenvalue weighted by molar-refractivity contribution is 8.00. The van der Waals surface area contributed by atoms with Crippen LogP contribution in [0.1, 0.15) is 51.1 Å². The second-order valence-electron chi connectivity index (χ2n) is 6.23. The van der Waals surface area contributed by atoms with Gasteiger partial charge in [-0.15, -0.1) is 5.10 Å². The van der Waals surface area contributed by atoms with Crippen LogP contribution in [0.2, 0.25) is 0 Å². The van der Waals surface area contributed by atoms with Gasteiger partial charge in [0.2, 0.25) is 5.82 Å². The molecule has 0 spiro atoms. The number of nitrogens with one attached hydrogen (secondary N) is 1. The van der Waals surface area contributed by atoms with Crippen LogP contribution in [0.5, 0.6) is 0 Å². The summed E-state index contributed by atoms with van der Waals surface area (Å²) in [6.07, 6.45) is 0. The molecule has 1 aromatic heterocycles. The van der Waals surface area contributed by atoms with Crippen LogP contribution >= 0.6 is 11.8 Å². The van der Waals surface area contributed by atoms with Crippen molar-refractivity contribution in [2.24, 2.45) is 0 Å². The average Bonchev–Trinajstić information content (AvgIpc) is 2.75. The summed E-state index contributed by atoms with van der Waals surface area (Å²) >= 11 is 1.92. The van der Waals surface area contributed by atoms with E-state index in [1.165, 1.54) is 0 Å². The summed E-state index contributed by atoms with van der Waals surface area (Å²) < 4.78 is 0. The van der Waals surface area contributed by atoms with Crippen LogP contribution in [0, 0.1) is 0 Å². The van der Waals surface area contributed by atoms with Gasteiger partial charge in [-0.05, 0) is 0 Å². The van der Waals surface area contributed by atoms with Crippen molar-refractivity contribution in [3.8, 4) is 0 Å². The summed E-state index contributed by atoms with van der Waals surface area (Å²) in [5.74, 6) is 0.977. The lowest BCUT2D eigenvalue weighted by Gasteiger charge is -2.33. The third kappa shape index (κ3) is 3.29. The standard InChI is InChI=1S/C13H22N4OS/c1-8-6-17(7-9(2)19-8)11(18)10-14-12(16-15-10)13(3,4)5/h8-9H,6-7H2,1-5H3,(H,14,15,16). The number of hydrogen-bond acceptors (Lipinski definition) is 4. The number of nitrogens with zero attached hydrogens (tertiary/aromatic N) is 3. The van der Waals surface area contributed by atoms with Crippen molar-refractivity contribution in [2.75, 3.05) is 13.1 Å². The lowest BCUT2D eigenvalue weighted by molar-refractivity contribution is 0.0741. The van der Waals surface area contributed by atoms with Gasteiger partial charge in [0.1, 0.15) is 5.82 Å². The Balaban J connectivity index is 2.13. The summed E-state index contributed by atoms with van der Waals surface area (Å²) in [5, 5.41) is 7.88. The predicted molar refractivity (Wildman–Crippen MR) is 77.5 cm³/mol. The Kier molecular flexibility index (Phi) is 3.90. The molecule has 1 aliphatic heterocycles. The van der Waals surface area contributed by atoms with Crippen LogP contribution in [-0.4, -0.2) is 49.6 Å². The zero-order valence-electron chi connectivity index (χ0n) is 12.2. The van der Waals surface area contributed by atoms with Gasteiger partial charge in [-0.25, -0.2) is 4.98 Å². The Labute approximate surface area is 118 Å². The molecular formula is C13H22N4OS. The lowest BCUT2D eigenvalue weighted by Crippen LogP contribution is -2.44. The number of aromatic amines is 1. The summed E-state index contributed by atoms with van der Waals surface area (Å²) in [6.45, 7) is 12.0. The number of amides is 1. The molecule has 2 rings (SSSR count). The maximum Gasteiger partial charge on any atom is 0.293 e. The van der Waals surface area contributed by atoms with Gasteiger partial charge in [0.05, 0.1) is 0 Å². The fourth-order valence-corrected chi connectivity index (χ4v) is 3.50. The van der Waals surface area contributed by atoms with E-state index in [9.17, 15) is 4.79 Å². The first kappa shape index (κ1) is 14.4. The molecule has 1 aromatic rings. The molecule has 2 unspecified atom stereocenters. The number of rotatable bonds is 1. The largest absolute Gasteiger partial charge is 0.334 e. The molecule has 5 nitrogen and oxygen atoms in total. The first-order valence-electron chi connectivity index (χ1n) is 6.65. The van der Waals surface area contributed by atoms with Gasteiger partial charge in [-0.1, -0.05) is 34.6 Å². The van der Waals surface area contributed by atoms with Gasteiger partial charge in [0.25, 0.3) is 5.91 Å². The highest BCUT2D eigenvalue weighted by Crippen LogP contribution is 2.25.